The van der Waals surface area contributed by atoms with E-state index in [1.165, 1.54) is 52.5 Å². The maximum atomic E-state index is 5.61. The maximum absolute atomic E-state index is 5.61. The van der Waals surface area contributed by atoms with Gasteiger partial charge in [-0.1, -0.05) is 0 Å². The van der Waals surface area contributed by atoms with E-state index in [2.05, 4.69) is 60.7 Å². The molecule has 1 aromatic heterocycles. The molecule has 1 atom stereocenters. The monoisotopic (exact) mass is 419 g/mol. The Labute approximate surface area is 163 Å². The van der Waals surface area contributed by atoms with Crippen molar-refractivity contribution in [3.05, 3.63) is 83.8 Å². The van der Waals surface area contributed by atoms with Crippen LogP contribution in [0.3, 0.4) is 0 Å². The molecule has 0 saturated carbocycles. The molecule has 2 aromatic carbocycles. The third kappa shape index (κ3) is 3.26. The standard InChI is InChI=1S/C19H13O.2ClH.Zr/c1-2-6-14(7-3-1)17-9-4-8-15-12-16(13-18(15)17)19-10-5-11-20-19;;;/h1-13H;2*1H;. The van der Waals surface area contributed by atoms with E-state index < -0.39 is 0 Å². The number of fused-ring (bicyclic) bond motifs is 1. The SMILES string of the molecule is Cl.Cl.[Zr][CH]1C(c2ccco2)=Cc2c(-c3ccccc3)cccc21. The van der Waals surface area contributed by atoms with Crippen LogP contribution in [0.1, 0.15) is 20.5 Å². The summed E-state index contributed by atoms with van der Waals surface area (Å²) in [5, 5.41) is 0. The Kier molecular flexibility index (Phi) is 6.08. The molecule has 0 amide bonds. The second-order valence-corrected chi connectivity index (χ2v) is 6.60. The summed E-state index contributed by atoms with van der Waals surface area (Å²) >= 11 is 1.50. The van der Waals surface area contributed by atoms with Crippen LogP contribution in [0.15, 0.2) is 71.3 Å². The zero-order valence-corrected chi connectivity index (χ0v) is 16.3. The van der Waals surface area contributed by atoms with Gasteiger partial charge in [-0.05, 0) is 0 Å². The fraction of sp³-hybridized carbons (Fsp3) is 0.0526. The predicted octanol–water partition coefficient (Wildman–Crippen LogP) is 5.93. The predicted molar refractivity (Wildman–Crippen MR) is 95.7 cm³/mol. The average molecular weight is 421 g/mol. The molecule has 4 rings (SSSR count). The Morgan fingerprint density at radius 3 is 2.30 bits per heavy atom. The van der Waals surface area contributed by atoms with E-state index in [-0.39, 0.29) is 24.8 Å². The summed E-state index contributed by atoms with van der Waals surface area (Å²) in [4.78, 5) is 0. The van der Waals surface area contributed by atoms with Crippen molar-refractivity contribution in [1.82, 2.24) is 0 Å². The van der Waals surface area contributed by atoms with E-state index in [0.717, 1.165) is 5.76 Å². The normalized spacial score (nSPS) is 15.1. The summed E-state index contributed by atoms with van der Waals surface area (Å²) in [5.74, 6) is 0.993. The molecule has 0 N–H and O–H groups in total. The van der Waals surface area contributed by atoms with Gasteiger partial charge in [0.15, 0.2) is 0 Å². The molecule has 0 fully saturated rings. The second-order valence-electron chi connectivity index (χ2n) is 5.18. The Morgan fingerprint density at radius 2 is 1.61 bits per heavy atom. The van der Waals surface area contributed by atoms with Crippen LogP contribution in [0.2, 0.25) is 0 Å². The van der Waals surface area contributed by atoms with Crippen molar-refractivity contribution in [2.24, 2.45) is 0 Å². The van der Waals surface area contributed by atoms with Gasteiger partial charge in [0, 0.05) is 0 Å². The van der Waals surface area contributed by atoms with Crippen molar-refractivity contribution in [2.45, 2.75) is 3.63 Å². The van der Waals surface area contributed by atoms with Gasteiger partial charge >= 0.3 is 139 Å². The summed E-state index contributed by atoms with van der Waals surface area (Å²) < 4.78 is 6.07. The van der Waals surface area contributed by atoms with Crippen LogP contribution >= 0.6 is 24.8 Å². The molecule has 1 nitrogen and oxygen atoms in total. The van der Waals surface area contributed by atoms with Crippen LogP contribution in [0.4, 0.5) is 0 Å². The van der Waals surface area contributed by atoms with Gasteiger partial charge in [0.1, 0.15) is 0 Å². The molecule has 0 bridgehead atoms. The summed E-state index contributed by atoms with van der Waals surface area (Å²) in [6.07, 6.45) is 4.05. The van der Waals surface area contributed by atoms with Gasteiger partial charge in [-0.3, -0.25) is 0 Å². The van der Waals surface area contributed by atoms with E-state index in [9.17, 15) is 0 Å². The third-order valence-electron chi connectivity index (χ3n) is 3.95. The number of allylic oxidation sites excluding steroid dienone is 1. The fourth-order valence-electron chi connectivity index (χ4n) is 2.93. The molecule has 1 unspecified atom stereocenters. The minimum absolute atomic E-state index is 0. The van der Waals surface area contributed by atoms with E-state index in [1.54, 1.807) is 6.26 Å². The molecule has 3 aromatic rings. The molecule has 115 valence electrons. The van der Waals surface area contributed by atoms with Crippen molar-refractivity contribution < 1.29 is 29.1 Å². The van der Waals surface area contributed by atoms with Crippen LogP contribution in [-0.2, 0) is 24.7 Å². The zero-order valence-electron chi connectivity index (χ0n) is 12.2. The van der Waals surface area contributed by atoms with Gasteiger partial charge in [-0.25, -0.2) is 0 Å². The summed E-state index contributed by atoms with van der Waals surface area (Å²) in [5.41, 5.74) is 6.64. The quantitative estimate of drug-likeness (QED) is 0.500. The Hall–Kier alpha value is -1.08. The summed E-state index contributed by atoms with van der Waals surface area (Å²) in [7, 11) is 0. The molecular weight excluding hydrogens is 406 g/mol. The molecule has 0 aliphatic heterocycles. The van der Waals surface area contributed by atoms with Gasteiger partial charge in [-0.2, -0.15) is 0 Å². The van der Waals surface area contributed by atoms with Crippen molar-refractivity contribution >= 4 is 36.5 Å². The van der Waals surface area contributed by atoms with Crippen molar-refractivity contribution in [3.63, 3.8) is 0 Å². The van der Waals surface area contributed by atoms with Crippen LogP contribution in [-0.4, -0.2) is 0 Å². The van der Waals surface area contributed by atoms with Crippen LogP contribution in [0.5, 0.6) is 0 Å². The number of hydrogen-bond acceptors (Lipinski definition) is 1. The molecule has 0 saturated heterocycles. The number of furan rings is 1. The Balaban J connectivity index is 0.000000960. The van der Waals surface area contributed by atoms with Gasteiger partial charge in [-0.15, -0.1) is 24.8 Å². The van der Waals surface area contributed by atoms with Gasteiger partial charge in [0.2, 0.25) is 0 Å². The van der Waals surface area contributed by atoms with E-state index in [4.69, 9.17) is 4.42 Å². The third-order valence-corrected chi connectivity index (χ3v) is 5.48. The number of rotatable bonds is 2. The molecule has 23 heavy (non-hydrogen) atoms. The van der Waals surface area contributed by atoms with Crippen molar-refractivity contribution in [1.29, 1.82) is 0 Å². The number of halogens is 2. The number of benzene rings is 2. The first-order valence-corrected chi connectivity index (χ1v) is 8.41. The first-order chi connectivity index (χ1) is 10.3. The van der Waals surface area contributed by atoms with Gasteiger partial charge < -0.3 is 0 Å². The first kappa shape index (κ1) is 18.3. The number of hydrogen-bond donors (Lipinski definition) is 0. The fourth-order valence-corrected chi connectivity index (χ4v) is 4.10. The Morgan fingerprint density at radius 1 is 0.826 bits per heavy atom. The summed E-state index contributed by atoms with van der Waals surface area (Å²) in [6, 6.07) is 21.2. The zero-order chi connectivity index (χ0) is 14.2. The van der Waals surface area contributed by atoms with Crippen molar-refractivity contribution in [3.8, 4) is 11.1 Å². The topological polar surface area (TPSA) is 13.1 Å². The Bertz CT molecular complexity index is 811. The van der Waals surface area contributed by atoms with Gasteiger partial charge in [0.25, 0.3) is 0 Å². The second kappa shape index (κ2) is 7.66. The molecule has 4 heteroatoms. The van der Waals surface area contributed by atoms with Gasteiger partial charge in [0.05, 0.1) is 0 Å². The van der Waals surface area contributed by atoms with Crippen LogP contribution < -0.4 is 0 Å². The molecular formula is C19H15Cl2OZr. The summed E-state index contributed by atoms with van der Waals surface area (Å²) in [6.45, 7) is 0. The van der Waals surface area contributed by atoms with Crippen LogP contribution in [0, 0.1) is 0 Å². The van der Waals surface area contributed by atoms with E-state index >= 15 is 0 Å². The molecule has 1 heterocycles. The molecule has 0 spiro atoms. The van der Waals surface area contributed by atoms with Crippen molar-refractivity contribution in [2.75, 3.05) is 0 Å². The van der Waals surface area contributed by atoms with E-state index in [0.29, 0.717) is 3.63 Å². The first-order valence-electron chi connectivity index (χ1n) is 6.99. The molecule has 1 aliphatic rings. The molecule has 1 aliphatic carbocycles. The molecule has 0 radical (unpaired) electrons. The van der Waals surface area contributed by atoms with E-state index in [1.807, 2.05) is 6.07 Å². The van der Waals surface area contributed by atoms with Crippen LogP contribution in [0.25, 0.3) is 22.8 Å². The average Bonchev–Trinajstić information content (AvgIpc) is 3.16. The minimum atomic E-state index is 0.